The lowest BCUT2D eigenvalue weighted by Crippen LogP contribution is -2.45. The van der Waals surface area contributed by atoms with Crippen molar-refractivity contribution in [3.63, 3.8) is 0 Å². The molecule has 0 saturated heterocycles. The highest BCUT2D eigenvalue weighted by molar-refractivity contribution is 5.76. The summed E-state index contributed by atoms with van der Waals surface area (Å²) in [7, 11) is 0. The fraction of sp³-hybridized carbons (Fsp3) is 0.897. The molecular formula is C78H149NO5. The van der Waals surface area contributed by atoms with E-state index >= 15 is 0 Å². The smallest absolute Gasteiger partial charge is 0.305 e. The highest BCUT2D eigenvalue weighted by Gasteiger charge is 2.20. The summed E-state index contributed by atoms with van der Waals surface area (Å²) in [6, 6.07) is -0.540. The van der Waals surface area contributed by atoms with Gasteiger partial charge in [-0.1, -0.05) is 365 Å². The van der Waals surface area contributed by atoms with Crippen molar-refractivity contribution >= 4 is 11.9 Å². The van der Waals surface area contributed by atoms with Crippen LogP contribution in [0.2, 0.25) is 0 Å². The normalized spacial score (nSPS) is 12.7. The van der Waals surface area contributed by atoms with Gasteiger partial charge in [-0.25, -0.2) is 0 Å². The Hall–Kier alpha value is -1.92. The molecule has 6 nitrogen and oxygen atoms in total. The lowest BCUT2D eigenvalue weighted by molar-refractivity contribution is -0.143. The third-order valence-electron chi connectivity index (χ3n) is 17.9. The van der Waals surface area contributed by atoms with Crippen molar-refractivity contribution in [1.29, 1.82) is 0 Å². The first-order valence-corrected chi connectivity index (χ1v) is 38.2. The van der Waals surface area contributed by atoms with E-state index in [1.54, 1.807) is 0 Å². The Morgan fingerprint density at radius 1 is 0.333 bits per heavy atom. The van der Waals surface area contributed by atoms with E-state index in [9.17, 15) is 19.8 Å². The van der Waals surface area contributed by atoms with Crippen molar-refractivity contribution in [1.82, 2.24) is 5.32 Å². The minimum absolute atomic E-state index is 0.00940. The minimum Gasteiger partial charge on any atom is -0.466 e. The van der Waals surface area contributed by atoms with Crippen molar-refractivity contribution in [2.24, 2.45) is 0 Å². The van der Waals surface area contributed by atoms with Crippen LogP contribution in [0, 0.1) is 0 Å². The van der Waals surface area contributed by atoms with Crippen LogP contribution in [-0.4, -0.2) is 47.4 Å². The number of ether oxygens (including phenoxy) is 1. The molecule has 0 aliphatic rings. The molecule has 0 aromatic rings. The number of allylic oxidation sites excluding steroid dienone is 6. The van der Waals surface area contributed by atoms with Crippen LogP contribution < -0.4 is 5.32 Å². The fourth-order valence-corrected chi connectivity index (χ4v) is 12.1. The van der Waals surface area contributed by atoms with E-state index in [-0.39, 0.29) is 18.5 Å². The number of rotatable bonds is 72. The van der Waals surface area contributed by atoms with Crippen LogP contribution >= 0.6 is 0 Å². The van der Waals surface area contributed by atoms with Gasteiger partial charge in [0.1, 0.15) is 0 Å². The zero-order chi connectivity index (χ0) is 60.6. The third kappa shape index (κ3) is 69.2. The maximum Gasteiger partial charge on any atom is 0.305 e. The fourth-order valence-electron chi connectivity index (χ4n) is 12.1. The van der Waals surface area contributed by atoms with Gasteiger partial charge in [-0.3, -0.25) is 9.59 Å². The molecular weight excluding hydrogens is 1030 g/mol. The van der Waals surface area contributed by atoms with Gasteiger partial charge in [-0.2, -0.15) is 0 Å². The maximum absolute atomic E-state index is 12.5. The van der Waals surface area contributed by atoms with E-state index in [2.05, 4.69) is 55.6 Å². The minimum atomic E-state index is -0.663. The Morgan fingerprint density at radius 2 is 0.595 bits per heavy atom. The van der Waals surface area contributed by atoms with Crippen molar-refractivity contribution in [2.45, 2.75) is 437 Å². The molecule has 0 aromatic carbocycles. The average molecular weight is 1180 g/mol. The van der Waals surface area contributed by atoms with E-state index in [0.29, 0.717) is 25.9 Å². The van der Waals surface area contributed by atoms with Gasteiger partial charge in [0, 0.05) is 12.8 Å². The van der Waals surface area contributed by atoms with Crippen molar-refractivity contribution in [3.8, 4) is 0 Å². The Bertz CT molecular complexity index is 1360. The molecule has 496 valence electrons. The van der Waals surface area contributed by atoms with E-state index in [4.69, 9.17) is 4.74 Å². The number of unbranched alkanes of at least 4 members (excludes halogenated alkanes) is 55. The van der Waals surface area contributed by atoms with Gasteiger partial charge < -0.3 is 20.3 Å². The monoisotopic (exact) mass is 1180 g/mol. The van der Waals surface area contributed by atoms with Crippen LogP contribution in [0.25, 0.3) is 0 Å². The number of nitrogens with one attached hydrogen (secondary N) is 1. The topological polar surface area (TPSA) is 95.9 Å². The summed E-state index contributed by atoms with van der Waals surface area (Å²) in [6.07, 6.45) is 95.1. The Morgan fingerprint density at radius 3 is 0.917 bits per heavy atom. The summed E-state index contributed by atoms with van der Waals surface area (Å²) in [5, 5.41) is 23.4. The zero-order valence-electron chi connectivity index (χ0n) is 56.9. The number of hydrogen-bond acceptors (Lipinski definition) is 5. The molecule has 1 amide bonds. The molecule has 3 N–H and O–H groups in total. The van der Waals surface area contributed by atoms with Crippen LogP contribution in [0.3, 0.4) is 0 Å². The first-order valence-electron chi connectivity index (χ1n) is 38.2. The molecule has 84 heavy (non-hydrogen) atoms. The highest BCUT2D eigenvalue weighted by Crippen LogP contribution is 2.19. The number of aliphatic hydroxyl groups excluding tert-OH is 2. The molecule has 0 heterocycles. The van der Waals surface area contributed by atoms with Gasteiger partial charge >= 0.3 is 5.97 Å². The number of carbonyl (C=O) groups excluding carboxylic acids is 2. The van der Waals surface area contributed by atoms with E-state index in [1.165, 1.54) is 340 Å². The van der Waals surface area contributed by atoms with Crippen LogP contribution in [-0.2, 0) is 14.3 Å². The highest BCUT2D eigenvalue weighted by atomic mass is 16.5. The number of esters is 1. The Balaban J connectivity index is 3.37. The van der Waals surface area contributed by atoms with Gasteiger partial charge in [-0.15, -0.1) is 0 Å². The van der Waals surface area contributed by atoms with E-state index in [0.717, 1.165) is 51.4 Å². The molecule has 2 atom stereocenters. The molecule has 2 unspecified atom stereocenters. The van der Waals surface area contributed by atoms with Crippen LogP contribution in [0.15, 0.2) is 36.5 Å². The lowest BCUT2D eigenvalue weighted by Gasteiger charge is -2.22. The molecule has 0 rings (SSSR count). The second-order valence-electron chi connectivity index (χ2n) is 26.3. The third-order valence-corrected chi connectivity index (χ3v) is 17.9. The molecule has 0 spiro atoms. The second-order valence-corrected chi connectivity index (χ2v) is 26.3. The van der Waals surface area contributed by atoms with Gasteiger partial charge in [0.25, 0.3) is 0 Å². The Labute approximate surface area is 525 Å². The predicted molar refractivity (Wildman–Crippen MR) is 370 cm³/mol. The van der Waals surface area contributed by atoms with Gasteiger partial charge in [0.2, 0.25) is 5.91 Å². The number of hydrogen-bond donors (Lipinski definition) is 3. The van der Waals surface area contributed by atoms with Crippen molar-refractivity contribution in [2.75, 3.05) is 13.2 Å². The van der Waals surface area contributed by atoms with Crippen molar-refractivity contribution in [3.05, 3.63) is 36.5 Å². The van der Waals surface area contributed by atoms with Crippen molar-refractivity contribution < 1.29 is 24.5 Å². The van der Waals surface area contributed by atoms with Gasteiger partial charge in [0.15, 0.2) is 0 Å². The number of amides is 1. The maximum atomic E-state index is 12.5. The van der Waals surface area contributed by atoms with Gasteiger partial charge in [0.05, 0.1) is 25.4 Å². The molecule has 0 saturated carbocycles. The first kappa shape index (κ1) is 82.1. The van der Waals surface area contributed by atoms with E-state index < -0.39 is 12.1 Å². The molecule has 6 heteroatoms. The van der Waals surface area contributed by atoms with E-state index in [1.807, 2.05) is 0 Å². The summed E-state index contributed by atoms with van der Waals surface area (Å²) in [5.41, 5.74) is 0. The predicted octanol–water partition coefficient (Wildman–Crippen LogP) is 25.0. The SMILES string of the molecule is CCCCCCCC/C=C\CCCCCCCC(=O)OCCCCCCCCCCCCC/C=C\C/C=C\CCCCCCCCCCCCCCCCCCCC(=O)NC(CO)C(O)CCCCCCCCCCCCCCCCCCC. The standard InChI is InChI=1S/C78H149NO5/c1-3-5-7-9-11-13-15-17-19-39-43-46-50-54-58-62-66-70-76(81)75(74-80)79-77(82)71-67-63-59-55-51-47-44-40-37-35-33-31-29-27-25-23-21-20-22-24-26-28-30-32-34-36-38-41-45-49-53-57-61-65-69-73-84-78(83)72-68-64-60-56-52-48-42-18-16-14-12-10-8-6-4-2/h18,22,24,28,30,42,75-76,80-81H,3-17,19-21,23,25-27,29,31-41,43-74H2,1-2H3,(H,79,82)/b24-22-,30-28-,42-18-. The van der Waals surface area contributed by atoms with Crippen LogP contribution in [0.4, 0.5) is 0 Å². The van der Waals surface area contributed by atoms with Crippen LogP contribution in [0.5, 0.6) is 0 Å². The number of carbonyl (C=O) groups is 2. The van der Waals surface area contributed by atoms with Gasteiger partial charge in [-0.05, 0) is 83.5 Å². The summed E-state index contributed by atoms with van der Waals surface area (Å²) in [4.78, 5) is 24.6. The molecule has 0 aliphatic carbocycles. The summed E-state index contributed by atoms with van der Waals surface area (Å²) in [6.45, 7) is 4.98. The molecule has 0 aliphatic heterocycles. The second kappa shape index (κ2) is 73.5. The zero-order valence-corrected chi connectivity index (χ0v) is 56.9. The Kier molecular flexibility index (Phi) is 71.9. The van der Waals surface area contributed by atoms with Crippen LogP contribution in [0.1, 0.15) is 425 Å². The summed E-state index contributed by atoms with van der Waals surface area (Å²) in [5.74, 6) is -0.0195. The number of aliphatic hydroxyl groups is 2. The largest absolute Gasteiger partial charge is 0.466 e. The molecule has 0 bridgehead atoms. The molecule has 0 radical (unpaired) electrons. The molecule has 0 fully saturated rings. The quantitative estimate of drug-likeness (QED) is 0.0320. The lowest BCUT2D eigenvalue weighted by atomic mass is 10.0. The summed E-state index contributed by atoms with van der Waals surface area (Å²) < 4.78 is 5.49. The molecule has 0 aromatic heterocycles. The first-order chi connectivity index (χ1) is 41.5. The summed E-state index contributed by atoms with van der Waals surface area (Å²) >= 11 is 0. The average Bonchev–Trinajstić information content (AvgIpc) is 3.51.